The van der Waals surface area contributed by atoms with Crippen LogP contribution in [0, 0.1) is 0 Å². The third-order valence-electron chi connectivity index (χ3n) is 4.83. The number of fused-ring (bicyclic) bond motifs is 3. The van der Waals surface area contributed by atoms with Gasteiger partial charge in [-0.3, -0.25) is 15.0 Å². The van der Waals surface area contributed by atoms with Gasteiger partial charge in [-0.1, -0.05) is 54.6 Å². The van der Waals surface area contributed by atoms with Gasteiger partial charge < -0.3 is 15.3 Å². The van der Waals surface area contributed by atoms with Crippen LogP contribution < -0.4 is 0 Å². The van der Waals surface area contributed by atoms with Gasteiger partial charge in [-0.25, -0.2) is 0 Å². The average molecular weight is 499 g/mol. The molecule has 0 aliphatic rings. The van der Waals surface area contributed by atoms with Crippen LogP contribution in [0.3, 0.4) is 0 Å². The molecular weight excluding hydrogens is 478 g/mol. The number of pyridine rings is 3. The van der Waals surface area contributed by atoms with E-state index in [1.165, 1.54) is 0 Å². The minimum Gasteiger partial charge on any atom is -0.506 e. The summed E-state index contributed by atoms with van der Waals surface area (Å²) in [4.78, 5) is 12.1. The van der Waals surface area contributed by atoms with Crippen molar-refractivity contribution in [1.82, 2.24) is 15.0 Å². The number of aromatic hydroxyl groups is 3. The number of hydrogen-bond donors (Lipinski definition) is 3. The number of benzene rings is 3. The first-order valence-electron chi connectivity index (χ1n) is 10.2. The molecule has 0 aliphatic carbocycles. The van der Waals surface area contributed by atoms with Gasteiger partial charge in [-0.2, -0.15) is 0 Å². The third kappa shape index (κ3) is 5.78. The van der Waals surface area contributed by atoms with Crippen molar-refractivity contribution in [2.75, 3.05) is 0 Å². The molecule has 0 saturated carbocycles. The standard InChI is InChI=1S/3C9H7NO.Cu/c3*11-8-5-1-3-7-4-2-6-10-9(7)8;/h3*1-6,11H;. The van der Waals surface area contributed by atoms with E-state index < -0.39 is 0 Å². The normalized spacial score (nSPS) is 9.88. The number of phenols is 3. The maximum atomic E-state index is 9.31. The molecule has 0 unspecified atom stereocenters. The molecule has 6 aromatic rings. The van der Waals surface area contributed by atoms with Gasteiger partial charge in [0.15, 0.2) is 0 Å². The Hall–Kier alpha value is -4.19. The Bertz CT molecular complexity index is 1330. The Morgan fingerprint density at radius 2 is 0.647 bits per heavy atom. The van der Waals surface area contributed by atoms with E-state index in [0.717, 1.165) is 16.2 Å². The zero-order chi connectivity index (χ0) is 23.0. The Labute approximate surface area is 206 Å². The van der Waals surface area contributed by atoms with Crippen LogP contribution in [0.15, 0.2) is 110 Å². The van der Waals surface area contributed by atoms with Gasteiger partial charge in [0, 0.05) is 51.8 Å². The van der Waals surface area contributed by atoms with E-state index in [1.54, 1.807) is 55.0 Å². The maximum Gasteiger partial charge on any atom is 0.141 e. The zero-order valence-corrected chi connectivity index (χ0v) is 18.8. The van der Waals surface area contributed by atoms with Crippen LogP contribution in [0.4, 0.5) is 0 Å². The molecule has 6 nitrogen and oxygen atoms in total. The maximum absolute atomic E-state index is 9.31. The fourth-order valence-electron chi connectivity index (χ4n) is 3.26. The summed E-state index contributed by atoms with van der Waals surface area (Å²) < 4.78 is 0. The molecule has 0 atom stereocenters. The molecule has 1 radical (unpaired) electrons. The van der Waals surface area contributed by atoms with Crippen LogP contribution in [-0.4, -0.2) is 30.3 Å². The number of nitrogens with zero attached hydrogens (tertiary/aromatic N) is 3. The molecule has 7 heteroatoms. The molecule has 0 fully saturated rings. The first-order chi connectivity index (χ1) is 16.1. The zero-order valence-electron chi connectivity index (χ0n) is 17.9. The van der Waals surface area contributed by atoms with E-state index >= 15 is 0 Å². The van der Waals surface area contributed by atoms with Gasteiger partial charge in [0.2, 0.25) is 0 Å². The summed E-state index contributed by atoms with van der Waals surface area (Å²) in [5.41, 5.74) is 1.99. The fourth-order valence-corrected chi connectivity index (χ4v) is 3.26. The fraction of sp³-hybridized carbons (Fsp3) is 0. The monoisotopic (exact) mass is 498 g/mol. The van der Waals surface area contributed by atoms with Crippen molar-refractivity contribution in [3.63, 3.8) is 0 Å². The van der Waals surface area contributed by atoms with Crippen molar-refractivity contribution in [3.8, 4) is 17.2 Å². The molecule has 3 aromatic carbocycles. The molecule has 3 N–H and O–H groups in total. The van der Waals surface area contributed by atoms with Gasteiger partial charge in [0.25, 0.3) is 0 Å². The van der Waals surface area contributed by atoms with Crippen LogP contribution >= 0.6 is 0 Å². The first-order valence-corrected chi connectivity index (χ1v) is 10.2. The second kappa shape index (κ2) is 11.6. The Balaban J connectivity index is 0.000000141. The van der Waals surface area contributed by atoms with Gasteiger partial charge in [-0.15, -0.1) is 0 Å². The summed E-state index contributed by atoms with van der Waals surface area (Å²) in [6.45, 7) is 0. The average Bonchev–Trinajstić information content (AvgIpc) is 2.86. The van der Waals surface area contributed by atoms with Crippen LogP contribution in [-0.2, 0) is 17.1 Å². The molecule has 3 aromatic heterocycles. The van der Waals surface area contributed by atoms with E-state index in [4.69, 9.17) is 0 Å². The second-order valence-corrected chi connectivity index (χ2v) is 7.06. The number of rotatable bonds is 0. The van der Waals surface area contributed by atoms with Gasteiger partial charge in [0.05, 0.1) is 0 Å². The number of phenolic OH excluding ortho intramolecular Hbond substituents is 3. The van der Waals surface area contributed by atoms with Crippen molar-refractivity contribution >= 4 is 32.7 Å². The van der Waals surface area contributed by atoms with Gasteiger partial charge in [-0.05, 0) is 36.4 Å². The molecule has 34 heavy (non-hydrogen) atoms. The van der Waals surface area contributed by atoms with Gasteiger partial charge in [0.1, 0.15) is 33.8 Å². The summed E-state index contributed by atoms with van der Waals surface area (Å²) >= 11 is 0. The quantitative estimate of drug-likeness (QED) is 0.228. The summed E-state index contributed by atoms with van der Waals surface area (Å²) in [6.07, 6.45) is 5.01. The van der Waals surface area contributed by atoms with Crippen molar-refractivity contribution in [1.29, 1.82) is 0 Å². The Morgan fingerprint density at radius 3 is 0.912 bits per heavy atom. The van der Waals surface area contributed by atoms with Gasteiger partial charge >= 0.3 is 0 Å². The Morgan fingerprint density at radius 1 is 0.382 bits per heavy atom. The minimum absolute atomic E-state index is 0. The SMILES string of the molecule is Oc1cccc2cccnc12.Oc1cccc2cccnc12.Oc1cccc2cccnc12.[Cu]. The largest absolute Gasteiger partial charge is 0.506 e. The van der Waals surface area contributed by atoms with E-state index in [1.807, 2.05) is 54.6 Å². The number of aromatic nitrogens is 3. The molecule has 173 valence electrons. The first kappa shape index (κ1) is 24.5. The van der Waals surface area contributed by atoms with Crippen LogP contribution in [0.5, 0.6) is 17.2 Å². The molecule has 6 rings (SSSR count). The summed E-state index contributed by atoms with van der Waals surface area (Å²) in [7, 11) is 0. The van der Waals surface area contributed by atoms with E-state index in [9.17, 15) is 15.3 Å². The molecule has 3 heterocycles. The van der Waals surface area contributed by atoms with Crippen molar-refractivity contribution in [2.45, 2.75) is 0 Å². The van der Waals surface area contributed by atoms with Crippen molar-refractivity contribution in [3.05, 3.63) is 110 Å². The van der Waals surface area contributed by atoms with E-state index in [0.29, 0.717) is 16.6 Å². The molecular formula is C27H21CuN3O3. The third-order valence-corrected chi connectivity index (χ3v) is 4.83. The van der Waals surface area contributed by atoms with E-state index in [2.05, 4.69) is 15.0 Å². The van der Waals surface area contributed by atoms with Crippen molar-refractivity contribution in [2.24, 2.45) is 0 Å². The predicted octanol–water partition coefficient (Wildman–Crippen LogP) is 5.82. The smallest absolute Gasteiger partial charge is 0.141 e. The molecule has 0 aliphatic heterocycles. The number of para-hydroxylation sites is 3. The molecule has 0 amide bonds. The minimum atomic E-state index is 0. The summed E-state index contributed by atoms with van der Waals surface area (Å²) in [6, 6.07) is 27.4. The summed E-state index contributed by atoms with van der Waals surface area (Å²) in [5.74, 6) is 0.717. The molecule has 0 saturated heterocycles. The molecule has 0 spiro atoms. The van der Waals surface area contributed by atoms with Crippen LogP contribution in [0.2, 0.25) is 0 Å². The number of hydrogen-bond acceptors (Lipinski definition) is 6. The Kier molecular flexibility index (Phi) is 8.35. The predicted molar refractivity (Wildman–Crippen MR) is 130 cm³/mol. The second-order valence-electron chi connectivity index (χ2n) is 7.06. The summed E-state index contributed by atoms with van der Waals surface area (Å²) in [5, 5.41) is 30.8. The topological polar surface area (TPSA) is 99.4 Å². The van der Waals surface area contributed by atoms with E-state index in [-0.39, 0.29) is 34.3 Å². The molecule has 0 bridgehead atoms. The van der Waals surface area contributed by atoms with Crippen molar-refractivity contribution < 1.29 is 32.4 Å². The van der Waals surface area contributed by atoms with Crippen LogP contribution in [0.1, 0.15) is 0 Å². The van der Waals surface area contributed by atoms with Crippen LogP contribution in [0.25, 0.3) is 32.7 Å².